The number of carbonyl (C=O) groups excluding carboxylic acids is 1. The normalized spacial score (nSPS) is 16.5. The summed E-state index contributed by atoms with van der Waals surface area (Å²) in [6.07, 6.45) is 3.22. The van der Waals surface area contributed by atoms with Crippen LogP contribution in [0.15, 0.2) is 54.6 Å². The quantitative estimate of drug-likeness (QED) is 0.271. The van der Waals surface area contributed by atoms with Crippen molar-refractivity contribution in [3.63, 3.8) is 0 Å². The van der Waals surface area contributed by atoms with Crippen LogP contribution in [0.25, 0.3) is 11.0 Å². The van der Waals surface area contributed by atoms with Gasteiger partial charge in [-0.2, -0.15) is 0 Å². The van der Waals surface area contributed by atoms with E-state index in [4.69, 9.17) is 42.4 Å². The first-order valence-electron chi connectivity index (χ1n) is 12.8. The first-order valence-corrected chi connectivity index (χ1v) is 13.5. The Balaban J connectivity index is 1.60. The molecule has 0 bridgehead atoms. The summed E-state index contributed by atoms with van der Waals surface area (Å²) in [5.41, 5.74) is 2.10. The summed E-state index contributed by atoms with van der Waals surface area (Å²) in [6.45, 7) is 0.0575. The number of nitrogens with one attached hydrogen (secondary N) is 1. The van der Waals surface area contributed by atoms with E-state index in [1.807, 2.05) is 30.3 Å². The molecule has 2 heterocycles. The molecule has 1 N–H and O–H groups in total. The van der Waals surface area contributed by atoms with E-state index in [9.17, 15) is 9.18 Å². The van der Waals surface area contributed by atoms with Crippen molar-refractivity contribution >= 4 is 40.1 Å². The van der Waals surface area contributed by atoms with Gasteiger partial charge in [0.1, 0.15) is 23.8 Å². The van der Waals surface area contributed by atoms with Gasteiger partial charge in [0.2, 0.25) is 12.7 Å². The summed E-state index contributed by atoms with van der Waals surface area (Å²) in [5, 5.41) is 3.44. The maximum Gasteiger partial charge on any atom is 0.248 e. The molecular weight excluding hydrogens is 544 g/mol. The molecule has 202 valence electrons. The Hall–Kier alpha value is -3.33. The fourth-order valence-corrected chi connectivity index (χ4v) is 5.89. The molecule has 0 saturated heterocycles. The van der Waals surface area contributed by atoms with Gasteiger partial charge in [0.05, 0.1) is 21.1 Å². The highest BCUT2D eigenvalue weighted by Gasteiger charge is 2.35. The molecule has 39 heavy (non-hydrogen) atoms. The molecule has 0 spiro atoms. The zero-order valence-corrected chi connectivity index (χ0v) is 22.6. The topological polar surface area (TPSA) is 74.6 Å². The summed E-state index contributed by atoms with van der Waals surface area (Å²) >= 11 is 13.1. The number of aromatic nitrogens is 2. The average Bonchev–Trinajstić information content (AvgIpc) is 3.68. The van der Waals surface area contributed by atoms with Crippen LogP contribution >= 0.6 is 23.2 Å². The van der Waals surface area contributed by atoms with Crippen molar-refractivity contribution < 1.29 is 23.4 Å². The smallest absolute Gasteiger partial charge is 0.248 e. The standard InChI is InChI=1S/C29H26Cl2FN3O4/c1-37-27(16-7-3-2-4-8-16)28-34-22-14-21(32)20(31)12-23(22)35(28)26(29(36)33-17-9-5-6-10-17)18-11-24-25(13-19(18)30)39-15-38-24/h2-4,7-8,11-14,17,26-27H,5-6,9-10,15H2,1H3,(H,33,36). The van der Waals surface area contributed by atoms with Crippen molar-refractivity contribution in [2.45, 2.75) is 43.9 Å². The van der Waals surface area contributed by atoms with Gasteiger partial charge in [-0.1, -0.05) is 66.4 Å². The minimum atomic E-state index is -0.990. The number of amides is 1. The summed E-state index contributed by atoms with van der Waals surface area (Å²) in [5.74, 6) is 0.502. The van der Waals surface area contributed by atoms with Crippen LogP contribution in [-0.2, 0) is 9.53 Å². The molecule has 7 nitrogen and oxygen atoms in total. The Morgan fingerprint density at radius 1 is 1.08 bits per heavy atom. The molecule has 2 atom stereocenters. The van der Waals surface area contributed by atoms with E-state index in [-0.39, 0.29) is 23.8 Å². The Morgan fingerprint density at radius 3 is 2.51 bits per heavy atom. The second kappa shape index (κ2) is 10.7. The van der Waals surface area contributed by atoms with Crippen molar-refractivity contribution in [1.29, 1.82) is 0 Å². The third kappa shape index (κ3) is 4.81. The van der Waals surface area contributed by atoms with Crippen LogP contribution in [0, 0.1) is 5.82 Å². The van der Waals surface area contributed by atoms with Crippen LogP contribution in [0.5, 0.6) is 11.5 Å². The van der Waals surface area contributed by atoms with Crippen LogP contribution in [-0.4, -0.2) is 35.4 Å². The van der Waals surface area contributed by atoms with E-state index in [1.54, 1.807) is 23.8 Å². The monoisotopic (exact) mass is 569 g/mol. The van der Waals surface area contributed by atoms with Gasteiger partial charge in [0.25, 0.3) is 0 Å². The van der Waals surface area contributed by atoms with Crippen molar-refractivity contribution in [2.75, 3.05) is 13.9 Å². The second-order valence-electron chi connectivity index (χ2n) is 9.74. The molecule has 6 rings (SSSR count). The zero-order valence-electron chi connectivity index (χ0n) is 21.1. The van der Waals surface area contributed by atoms with Gasteiger partial charge in [-0.05, 0) is 30.5 Å². The fraction of sp³-hybridized carbons (Fsp3) is 0.310. The van der Waals surface area contributed by atoms with Crippen LogP contribution in [0.2, 0.25) is 10.0 Å². The van der Waals surface area contributed by atoms with Crippen molar-refractivity contribution in [3.05, 3.63) is 87.4 Å². The lowest BCUT2D eigenvalue weighted by Crippen LogP contribution is -2.39. The van der Waals surface area contributed by atoms with Gasteiger partial charge in [-0.3, -0.25) is 4.79 Å². The number of hydrogen-bond donors (Lipinski definition) is 1. The molecule has 1 saturated carbocycles. The highest BCUT2D eigenvalue weighted by molar-refractivity contribution is 6.32. The Labute approximate surface area is 234 Å². The molecule has 10 heteroatoms. The summed E-state index contributed by atoms with van der Waals surface area (Å²) in [4.78, 5) is 19.0. The van der Waals surface area contributed by atoms with Gasteiger partial charge < -0.3 is 24.1 Å². The van der Waals surface area contributed by atoms with E-state index in [0.717, 1.165) is 31.2 Å². The lowest BCUT2D eigenvalue weighted by molar-refractivity contribution is -0.123. The van der Waals surface area contributed by atoms with E-state index in [1.165, 1.54) is 12.1 Å². The number of benzene rings is 3. The van der Waals surface area contributed by atoms with Gasteiger partial charge in [0, 0.05) is 30.8 Å². The Morgan fingerprint density at radius 2 is 1.79 bits per heavy atom. The number of ether oxygens (including phenoxy) is 3. The number of carbonyl (C=O) groups is 1. The largest absolute Gasteiger partial charge is 0.454 e. The van der Waals surface area contributed by atoms with Crippen LogP contribution in [0.4, 0.5) is 4.39 Å². The van der Waals surface area contributed by atoms with Crippen LogP contribution in [0.1, 0.15) is 54.8 Å². The SMILES string of the molecule is COC(c1ccccc1)c1nc2cc(F)c(Cl)cc2n1C(C(=O)NC1CCCC1)c1cc2c(cc1Cl)OCO2. The van der Waals surface area contributed by atoms with E-state index >= 15 is 0 Å². The highest BCUT2D eigenvalue weighted by Crippen LogP contribution is 2.42. The van der Waals surface area contributed by atoms with Gasteiger partial charge in [-0.25, -0.2) is 9.37 Å². The van der Waals surface area contributed by atoms with Gasteiger partial charge in [0.15, 0.2) is 11.5 Å². The van der Waals surface area contributed by atoms with Crippen molar-refractivity contribution in [2.24, 2.45) is 0 Å². The van der Waals surface area contributed by atoms with Gasteiger partial charge in [-0.15, -0.1) is 0 Å². The van der Waals surface area contributed by atoms with E-state index < -0.39 is 18.0 Å². The molecule has 1 aliphatic carbocycles. The maximum atomic E-state index is 14.6. The summed E-state index contributed by atoms with van der Waals surface area (Å²) in [7, 11) is 1.57. The lowest BCUT2D eigenvalue weighted by Gasteiger charge is -2.27. The van der Waals surface area contributed by atoms with Crippen LogP contribution in [0.3, 0.4) is 0 Å². The molecule has 3 aromatic carbocycles. The number of halogens is 3. The lowest BCUT2D eigenvalue weighted by atomic mass is 10.0. The van der Waals surface area contributed by atoms with Crippen molar-refractivity contribution in [1.82, 2.24) is 14.9 Å². The van der Waals surface area contributed by atoms with Crippen molar-refractivity contribution in [3.8, 4) is 11.5 Å². The highest BCUT2D eigenvalue weighted by atomic mass is 35.5. The summed E-state index contributed by atoms with van der Waals surface area (Å²) in [6, 6.07) is 14.7. The molecule has 1 amide bonds. The third-order valence-corrected chi connectivity index (χ3v) is 7.94. The molecule has 1 aliphatic heterocycles. The predicted molar refractivity (Wildman–Crippen MR) is 146 cm³/mol. The Bertz CT molecular complexity index is 1540. The first-order chi connectivity index (χ1) is 18.9. The molecule has 1 aromatic heterocycles. The number of nitrogens with zero attached hydrogens (tertiary/aromatic N) is 2. The molecule has 0 radical (unpaired) electrons. The Kier molecular flexibility index (Phi) is 7.10. The molecule has 4 aromatic rings. The summed E-state index contributed by atoms with van der Waals surface area (Å²) < 4.78 is 33.4. The maximum absolute atomic E-state index is 14.6. The molecular formula is C29H26Cl2FN3O4. The number of fused-ring (bicyclic) bond motifs is 2. The van der Waals surface area contributed by atoms with Gasteiger partial charge >= 0.3 is 0 Å². The third-order valence-electron chi connectivity index (χ3n) is 7.33. The zero-order chi connectivity index (χ0) is 27.1. The fourth-order valence-electron chi connectivity index (χ4n) is 5.47. The minimum absolute atomic E-state index is 0.0411. The number of hydrogen-bond acceptors (Lipinski definition) is 5. The molecule has 2 unspecified atom stereocenters. The minimum Gasteiger partial charge on any atom is -0.454 e. The number of imidazole rings is 1. The first kappa shape index (κ1) is 25.9. The number of methoxy groups -OCH3 is 1. The average molecular weight is 570 g/mol. The molecule has 1 fully saturated rings. The molecule has 2 aliphatic rings. The van der Waals surface area contributed by atoms with Crippen LogP contribution < -0.4 is 14.8 Å². The second-order valence-corrected chi connectivity index (χ2v) is 10.6. The van der Waals surface area contributed by atoms with E-state index in [0.29, 0.717) is 38.9 Å². The number of rotatable bonds is 7. The van der Waals surface area contributed by atoms with E-state index in [2.05, 4.69) is 5.32 Å². The predicted octanol–water partition coefficient (Wildman–Crippen LogP) is 6.59.